The van der Waals surface area contributed by atoms with Crippen LogP contribution in [0.3, 0.4) is 0 Å². The van der Waals surface area contributed by atoms with E-state index in [1.807, 2.05) is 9.80 Å². The van der Waals surface area contributed by atoms with Gasteiger partial charge in [0, 0.05) is 56.5 Å². The van der Waals surface area contributed by atoms with Gasteiger partial charge >= 0.3 is 11.9 Å². The van der Waals surface area contributed by atoms with Crippen LogP contribution in [-0.2, 0) is 0 Å². The Hall–Kier alpha value is -4.72. The Morgan fingerprint density at radius 2 is 1.02 bits per heavy atom. The van der Waals surface area contributed by atoms with E-state index in [4.69, 9.17) is 14.6 Å². The molecule has 2 aromatic heterocycles. The Labute approximate surface area is 374 Å². The quantitative estimate of drug-likeness (QED) is 0.113. The number of halogens is 4. The van der Waals surface area contributed by atoms with E-state index < -0.39 is 34.4 Å². The lowest BCUT2D eigenvalue weighted by molar-refractivity contribution is -0.699. The topological polar surface area (TPSA) is 228 Å². The molecule has 0 unspecified atom stereocenters. The summed E-state index contributed by atoms with van der Waals surface area (Å²) < 4.78 is 45.6. The SMILES string of the molecule is CO.COc1c(N2C[C@@H]3CCC[NH2+][C@@H]3C2)c(F)cc2c(=O)c(C(=O)O)cn(C3CC3)c12.COc1c(N2C[C@@H]3CCC[NH2+][C@@H]3C2)c(F)cc2c(=O)c(C(=O)O)cn(C3CC3)c12.O.[Cl-].[Cl-]. The van der Waals surface area contributed by atoms with E-state index in [9.17, 15) is 29.4 Å². The van der Waals surface area contributed by atoms with Crippen LogP contribution in [0.4, 0.5) is 20.2 Å². The molecule has 20 heteroatoms. The summed E-state index contributed by atoms with van der Waals surface area (Å²) in [4.78, 5) is 52.8. The minimum atomic E-state index is -1.30. The Balaban J connectivity index is 0.000000219. The summed E-state index contributed by atoms with van der Waals surface area (Å²) in [5, 5.41) is 30.7. The number of fused-ring (bicyclic) bond motifs is 4. The number of nitrogens with zero attached hydrogens (tertiary/aromatic N) is 4. The second-order valence-corrected chi connectivity index (χ2v) is 16.9. The van der Waals surface area contributed by atoms with Gasteiger partial charge in [0.25, 0.3) is 0 Å². The lowest BCUT2D eigenvalue weighted by Gasteiger charge is -2.24. The Morgan fingerprint density at radius 3 is 1.32 bits per heavy atom. The van der Waals surface area contributed by atoms with Crippen LogP contribution in [0.2, 0.25) is 0 Å². The molecule has 0 spiro atoms. The van der Waals surface area contributed by atoms with E-state index >= 15 is 8.78 Å². The van der Waals surface area contributed by atoms with E-state index in [1.165, 1.54) is 51.6 Å². The van der Waals surface area contributed by atoms with Gasteiger partial charge in [0.1, 0.15) is 34.6 Å². The summed E-state index contributed by atoms with van der Waals surface area (Å²) in [5.41, 5.74) is -0.228. The van der Waals surface area contributed by atoms with Crippen LogP contribution < -0.4 is 65.6 Å². The van der Waals surface area contributed by atoms with Gasteiger partial charge in [-0.15, -0.1) is 0 Å². The molecule has 6 aliphatic rings. The van der Waals surface area contributed by atoms with Gasteiger partial charge in [-0.05, 0) is 63.5 Å². The molecule has 346 valence electrons. The number of aliphatic hydroxyl groups is 1. The van der Waals surface area contributed by atoms with Gasteiger partial charge in [-0.2, -0.15) is 0 Å². The van der Waals surface area contributed by atoms with Gasteiger partial charge in [0.15, 0.2) is 23.1 Å². The van der Waals surface area contributed by atoms with Crippen molar-refractivity contribution >= 4 is 45.1 Å². The maximum absolute atomic E-state index is 15.3. The lowest BCUT2D eigenvalue weighted by atomic mass is 9.94. The molecule has 4 saturated heterocycles. The van der Waals surface area contributed by atoms with Crippen LogP contribution in [-0.4, -0.2) is 115 Å². The predicted molar refractivity (Wildman–Crippen MR) is 223 cm³/mol. The number of nitrogens with two attached hydrogens (primary N) is 2. The van der Waals surface area contributed by atoms with Crippen LogP contribution >= 0.6 is 0 Å². The molecular weight excluding hydrogens is 869 g/mol. The molecule has 16 nitrogen and oxygen atoms in total. The first-order valence-electron chi connectivity index (χ1n) is 21.0. The second-order valence-electron chi connectivity index (χ2n) is 16.9. The average Bonchev–Trinajstić information content (AvgIpc) is 4.18. The minimum absolute atomic E-state index is 0. The van der Waals surface area contributed by atoms with Crippen LogP contribution in [0.15, 0.2) is 34.1 Å². The number of rotatable bonds is 8. The summed E-state index contributed by atoms with van der Waals surface area (Å²) in [6.45, 7) is 5.22. The van der Waals surface area contributed by atoms with E-state index in [1.54, 1.807) is 9.13 Å². The highest BCUT2D eigenvalue weighted by Crippen LogP contribution is 2.46. The maximum atomic E-state index is 15.3. The number of aromatic nitrogens is 2. The van der Waals surface area contributed by atoms with Crippen molar-refractivity contribution in [1.82, 2.24) is 9.13 Å². The number of carbonyl (C=O) groups is 2. The normalized spacial score (nSPS) is 22.2. The third-order valence-electron chi connectivity index (χ3n) is 13.3. The zero-order chi connectivity index (χ0) is 42.6. The fraction of sp³-hybridized carbons (Fsp3) is 0.535. The highest BCUT2D eigenvalue weighted by Gasteiger charge is 2.42. The molecule has 2 aliphatic carbocycles. The van der Waals surface area contributed by atoms with Crippen molar-refractivity contribution in [3.05, 3.63) is 67.7 Å². The molecule has 4 aromatic rings. The Morgan fingerprint density at radius 1 is 0.651 bits per heavy atom. The first kappa shape index (κ1) is 49.3. The number of carboxylic acid groups (broad SMARTS) is 2. The number of piperidine rings is 2. The molecule has 0 amide bonds. The van der Waals surface area contributed by atoms with Crippen LogP contribution in [0.1, 0.15) is 84.2 Å². The number of hydrogen-bond donors (Lipinski definition) is 5. The van der Waals surface area contributed by atoms with Crippen molar-refractivity contribution < 1.29 is 84.1 Å². The molecule has 0 radical (unpaired) electrons. The molecule has 4 atom stereocenters. The molecule has 2 aromatic carbocycles. The van der Waals surface area contributed by atoms with Crippen molar-refractivity contribution in [3.8, 4) is 11.5 Å². The lowest BCUT2D eigenvalue weighted by Crippen LogP contribution is -3.00. The van der Waals surface area contributed by atoms with Crippen LogP contribution in [0.5, 0.6) is 11.5 Å². The average molecular weight is 926 g/mol. The number of hydrogen-bond acceptors (Lipinski definition) is 9. The number of aromatic carboxylic acids is 2. The highest BCUT2D eigenvalue weighted by atomic mass is 35.5. The zero-order valence-corrected chi connectivity index (χ0v) is 36.9. The third kappa shape index (κ3) is 9.02. The summed E-state index contributed by atoms with van der Waals surface area (Å²) in [7, 11) is 3.97. The van der Waals surface area contributed by atoms with Crippen molar-refractivity contribution in [2.75, 3.05) is 70.4 Å². The van der Waals surface area contributed by atoms with Gasteiger partial charge < -0.3 is 84.7 Å². The fourth-order valence-electron chi connectivity index (χ4n) is 10.2. The number of quaternary nitrogens is 2. The highest BCUT2D eigenvalue weighted by molar-refractivity contribution is 5.98. The van der Waals surface area contributed by atoms with Crippen molar-refractivity contribution in [2.24, 2.45) is 11.8 Å². The molecule has 4 aliphatic heterocycles. The van der Waals surface area contributed by atoms with E-state index in [0.717, 1.165) is 84.9 Å². The fourth-order valence-corrected chi connectivity index (χ4v) is 10.2. The van der Waals surface area contributed by atoms with E-state index in [0.29, 0.717) is 57.8 Å². The number of benzene rings is 2. The minimum Gasteiger partial charge on any atom is -1.00 e. The van der Waals surface area contributed by atoms with Gasteiger partial charge in [-0.25, -0.2) is 18.4 Å². The largest absolute Gasteiger partial charge is 1.00 e. The number of carboxylic acids is 2. The molecule has 10 rings (SSSR count). The molecule has 0 bridgehead atoms. The van der Waals surface area contributed by atoms with Gasteiger partial charge in [-0.1, -0.05) is 0 Å². The smallest absolute Gasteiger partial charge is 0.341 e. The summed E-state index contributed by atoms with van der Waals surface area (Å²) in [6, 6.07) is 3.52. The van der Waals surface area contributed by atoms with Crippen molar-refractivity contribution in [3.63, 3.8) is 0 Å². The number of aliphatic hydroxyl groups excluding tert-OH is 1. The molecular formula is C43H56Cl2F2N6O10. The first-order valence-corrected chi connectivity index (χ1v) is 21.0. The maximum Gasteiger partial charge on any atom is 0.341 e. The van der Waals surface area contributed by atoms with Crippen molar-refractivity contribution in [2.45, 2.75) is 75.5 Å². The molecule has 63 heavy (non-hydrogen) atoms. The number of anilines is 2. The molecule has 9 N–H and O–H groups in total. The van der Waals surface area contributed by atoms with E-state index in [-0.39, 0.29) is 64.3 Å². The Bertz CT molecular complexity index is 2280. The zero-order valence-electron chi connectivity index (χ0n) is 35.4. The predicted octanol–water partition coefficient (Wildman–Crippen LogP) is -4.52. The summed E-state index contributed by atoms with van der Waals surface area (Å²) in [5.74, 6) is -1.96. The van der Waals surface area contributed by atoms with Gasteiger partial charge in [0.05, 0.1) is 62.2 Å². The summed E-state index contributed by atoms with van der Waals surface area (Å²) in [6.07, 6.45) is 11.0. The first-order chi connectivity index (χ1) is 29.0. The third-order valence-corrected chi connectivity index (χ3v) is 13.3. The second kappa shape index (κ2) is 20.0. The number of methoxy groups -OCH3 is 2. The monoisotopic (exact) mass is 924 g/mol. The van der Waals surface area contributed by atoms with Gasteiger partial charge in [0.2, 0.25) is 10.9 Å². The molecule has 6 heterocycles. The van der Waals surface area contributed by atoms with E-state index in [2.05, 4.69) is 10.6 Å². The van der Waals surface area contributed by atoms with Gasteiger partial charge in [-0.3, -0.25) is 9.59 Å². The molecule has 2 saturated carbocycles. The van der Waals surface area contributed by atoms with Crippen LogP contribution in [0.25, 0.3) is 21.8 Å². The number of pyridine rings is 2. The standard InChI is InChI=1S/2C21H24FN3O4.CH4O.2ClH.H2O/c2*1-29-20-17-13(19(26)14(21(27)28)9-25(17)12-4-5-12)7-15(22)18(20)24-8-11-3-2-6-23-16(11)10-24;1-2;;;/h2*7,9,11-12,16,23H,2-6,8,10H2,1H3,(H,27,28);2H,1H3;2*1H;1H2/t2*11-,16+;;;;/m00..../s1. The van der Waals surface area contributed by atoms with Crippen LogP contribution in [0, 0.1) is 23.5 Å². The van der Waals surface area contributed by atoms with Crippen molar-refractivity contribution in [1.29, 1.82) is 0 Å². The number of ether oxygens (including phenoxy) is 2. The molecule has 6 fully saturated rings. The Kier molecular flexibility index (Phi) is 15.6. The summed E-state index contributed by atoms with van der Waals surface area (Å²) >= 11 is 0.